The normalized spacial score (nSPS) is 14.1. The Labute approximate surface area is 124 Å². The molecular weight excluding hydrogens is 286 g/mol. The first-order valence-corrected chi connectivity index (χ1v) is 8.27. The van der Waals surface area contributed by atoms with Crippen molar-refractivity contribution in [1.29, 1.82) is 0 Å². The molecule has 0 saturated heterocycles. The van der Waals surface area contributed by atoms with Crippen LogP contribution in [-0.2, 0) is 29.7 Å². The first kappa shape index (κ1) is 14.2. The maximum absolute atomic E-state index is 12.3. The lowest BCUT2D eigenvalue weighted by Gasteiger charge is -2.08. The minimum atomic E-state index is -3.50. The summed E-state index contributed by atoms with van der Waals surface area (Å²) in [6, 6.07) is 9.01. The molecule has 0 fully saturated rings. The monoisotopic (exact) mass is 303 g/mol. The van der Waals surface area contributed by atoms with Crippen LogP contribution in [0.4, 0.5) is 0 Å². The molecule has 21 heavy (non-hydrogen) atoms. The molecule has 0 atom stereocenters. The number of fused-ring (bicyclic) bond motifs is 1. The lowest BCUT2D eigenvalue weighted by atomic mass is 10.1. The molecule has 0 bridgehead atoms. The molecule has 6 heteroatoms. The van der Waals surface area contributed by atoms with Crippen LogP contribution in [0.3, 0.4) is 0 Å². The lowest BCUT2D eigenvalue weighted by Crippen LogP contribution is -2.23. The third-order valence-electron chi connectivity index (χ3n) is 3.56. The molecule has 5 nitrogen and oxygen atoms in total. The van der Waals surface area contributed by atoms with E-state index in [0.717, 1.165) is 35.5 Å². The molecule has 1 aromatic heterocycles. The summed E-state index contributed by atoms with van der Waals surface area (Å²) in [4.78, 5) is 4.47. The van der Waals surface area contributed by atoms with E-state index >= 15 is 0 Å². The van der Waals surface area contributed by atoms with Crippen molar-refractivity contribution in [3.8, 4) is 0 Å². The quantitative estimate of drug-likeness (QED) is 0.897. The summed E-state index contributed by atoms with van der Waals surface area (Å²) in [5.41, 5.74) is 3.96. The topological polar surface area (TPSA) is 71.1 Å². The number of hydrogen-bond donors (Lipinski definition) is 2. The maximum Gasteiger partial charge on any atom is 0.240 e. The van der Waals surface area contributed by atoms with E-state index in [1.807, 2.05) is 25.1 Å². The number of hydrogen-bond acceptors (Lipinski definition) is 4. The van der Waals surface area contributed by atoms with E-state index in [9.17, 15) is 8.42 Å². The molecule has 0 aliphatic carbocycles. The third-order valence-corrected chi connectivity index (χ3v) is 4.96. The van der Waals surface area contributed by atoms with Crippen molar-refractivity contribution < 1.29 is 8.42 Å². The second-order valence-corrected chi connectivity index (χ2v) is 6.93. The minimum absolute atomic E-state index is 0.241. The van der Waals surface area contributed by atoms with Crippen LogP contribution in [0.5, 0.6) is 0 Å². The van der Waals surface area contributed by atoms with Crippen LogP contribution in [0.1, 0.15) is 22.4 Å². The standard InChI is InChI=1S/C15H17N3O2S/c1-11-2-3-12(7-17-11)8-18-21(19,20)15-5-4-13-9-16-10-14(13)6-15/h2-7,16,18H,8-10H2,1H3. The van der Waals surface area contributed by atoms with Crippen LogP contribution in [0.15, 0.2) is 41.4 Å². The lowest BCUT2D eigenvalue weighted by molar-refractivity contribution is 0.581. The van der Waals surface area contributed by atoms with Crippen LogP contribution in [0.2, 0.25) is 0 Å². The zero-order valence-corrected chi connectivity index (χ0v) is 12.6. The van der Waals surface area contributed by atoms with Gasteiger partial charge in [-0.2, -0.15) is 0 Å². The number of rotatable bonds is 4. The average molecular weight is 303 g/mol. The molecule has 0 unspecified atom stereocenters. The molecule has 0 amide bonds. The molecule has 2 aromatic rings. The Balaban J connectivity index is 1.76. The van der Waals surface area contributed by atoms with Gasteiger partial charge in [-0.05, 0) is 41.8 Å². The molecule has 2 N–H and O–H groups in total. The van der Waals surface area contributed by atoms with Crippen LogP contribution < -0.4 is 10.0 Å². The van der Waals surface area contributed by atoms with E-state index in [1.165, 1.54) is 0 Å². The number of nitrogens with one attached hydrogen (secondary N) is 2. The molecule has 1 aromatic carbocycles. The number of benzene rings is 1. The van der Waals surface area contributed by atoms with E-state index in [1.54, 1.807) is 18.3 Å². The van der Waals surface area contributed by atoms with Gasteiger partial charge in [0.05, 0.1) is 4.90 Å². The maximum atomic E-state index is 12.3. The van der Waals surface area contributed by atoms with E-state index in [-0.39, 0.29) is 6.54 Å². The van der Waals surface area contributed by atoms with Crippen LogP contribution in [-0.4, -0.2) is 13.4 Å². The second kappa shape index (κ2) is 5.55. The fourth-order valence-electron chi connectivity index (χ4n) is 2.30. The highest BCUT2D eigenvalue weighted by Gasteiger charge is 2.17. The summed E-state index contributed by atoms with van der Waals surface area (Å²) in [5.74, 6) is 0. The van der Waals surface area contributed by atoms with Gasteiger partial charge >= 0.3 is 0 Å². The van der Waals surface area contributed by atoms with Gasteiger partial charge in [0.1, 0.15) is 0 Å². The Morgan fingerprint density at radius 1 is 1.19 bits per heavy atom. The number of aryl methyl sites for hydroxylation is 1. The molecule has 1 aliphatic heterocycles. The Morgan fingerprint density at radius 2 is 2.00 bits per heavy atom. The van der Waals surface area contributed by atoms with Gasteiger partial charge in [0.2, 0.25) is 10.0 Å². The smallest absolute Gasteiger partial charge is 0.240 e. The molecular formula is C15H17N3O2S. The molecule has 0 radical (unpaired) electrons. The van der Waals surface area contributed by atoms with Gasteiger partial charge in [-0.3, -0.25) is 4.98 Å². The summed E-state index contributed by atoms with van der Waals surface area (Å²) in [5, 5.41) is 3.21. The van der Waals surface area contributed by atoms with Crippen LogP contribution in [0, 0.1) is 6.92 Å². The van der Waals surface area contributed by atoms with E-state index in [0.29, 0.717) is 4.90 Å². The SMILES string of the molecule is Cc1ccc(CNS(=O)(=O)c2ccc3c(c2)CNC3)cn1. The van der Waals surface area contributed by atoms with Crippen molar-refractivity contribution >= 4 is 10.0 Å². The fourth-order valence-corrected chi connectivity index (χ4v) is 3.37. The van der Waals surface area contributed by atoms with Gasteiger partial charge in [0.25, 0.3) is 0 Å². The van der Waals surface area contributed by atoms with Crippen molar-refractivity contribution in [2.45, 2.75) is 31.5 Å². The summed E-state index contributed by atoms with van der Waals surface area (Å²) in [6.45, 7) is 3.66. The highest BCUT2D eigenvalue weighted by molar-refractivity contribution is 7.89. The molecule has 0 spiro atoms. The van der Waals surface area contributed by atoms with Crippen molar-refractivity contribution in [3.05, 3.63) is 58.9 Å². The van der Waals surface area contributed by atoms with Crippen LogP contribution in [0.25, 0.3) is 0 Å². The Bertz CT molecular complexity index is 755. The summed E-state index contributed by atoms with van der Waals surface area (Å²) in [6.07, 6.45) is 1.68. The van der Waals surface area contributed by atoms with Gasteiger partial charge in [-0.15, -0.1) is 0 Å². The highest BCUT2D eigenvalue weighted by atomic mass is 32.2. The summed E-state index contributed by atoms with van der Waals surface area (Å²) < 4.78 is 27.3. The number of aromatic nitrogens is 1. The van der Waals surface area contributed by atoms with Crippen molar-refractivity contribution in [1.82, 2.24) is 15.0 Å². The summed E-state index contributed by atoms with van der Waals surface area (Å²) >= 11 is 0. The van der Waals surface area contributed by atoms with Crippen molar-refractivity contribution in [3.63, 3.8) is 0 Å². The Hall–Kier alpha value is -1.76. The van der Waals surface area contributed by atoms with Crippen molar-refractivity contribution in [2.75, 3.05) is 0 Å². The van der Waals surface area contributed by atoms with Gasteiger partial charge in [-0.25, -0.2) is 13.1 Å². The van der Waals surface area contributed by atoms with Gasteiger partial charge < -0.3 is 5.32 Å². The molecule has 0 saturated carbocycles. The zero-order valence-electron chi connectivity index (χ0n) is 11.8. The number of sulfonamides is 1. The Morgan fingerprint density at radius 3 is 2.76 bits per heavy atom. The first-order valence-electron chi connectivity index (χ1n) is 6.78. The predicted molar refractivity (Wildman–Crippen MR) is 80.0 cm³/mol. The fraction of sp³-hybridized carbons (Fsp3) is 0.267. The third kappa shape index (κ3) is 3.12. The predicted octanol–water partition coefficient (Wildman–Crippen LogP) is 1.47. The Kier molecular flexibility index (Phi) is 3.75. The van der Waals surface area contributed by atoms with Crippen LogP contribution >= 0.6 is 0 Å². The van der Waals surface area contributed by atoms with E-state index in [2.05, 4.69) is 15.0 Å². The average Bonchev–Trinajstić information content (AvgIpc) is 2.94. The van der Waals surface area contributed by atoms with Gasteiger partial charge in [0.15, 0.2) is 0 Å². The van der Waals surface area contributed by atoms with Gasteiger partial charge in [-0.1, -0.05) is 12.1 Å². The van der Waals surface area contributed by atoms with Gasteiger partial charge in [0, 0.05) is 31.5 Å². The number of nitrogens with zero attached hydrogens (tertiary/aromatic N) is 1. The zero-order chi connectivity index (χ0) is 14.9. The molecule has 3 rings (SSSR count). The molecule has 2 heterocycles. The summed E-state index contributed by atoms with van der Waals surface area (Å²) in [7, 11) is -3.50. The largest absolute Gasteiger partial charge is 0.309 e. The second-order valence-electron chi connectivity index (χ2n) is 5.17. The number of pyridine rings is 1. The highest BCUT2D eigenvalue weighted by Crippen LogP contribution is 2.20. The van der Waals surface area contributed by atoms with Crippen molar-refractivity contribution in [2.24, 2.45) is 0 Å². The molecule has 110 valence electrons. The van der Waals surface area contributed by atoms with E-state index < -0.39 is 10.0 Å². The first-order chi connectivity index (χ1) is 10.0. The molecule has 1 aliphatic rings. The van der Waals surface area contributed by atoms with E-state index in [4.69, 9.17) is 0 Å². The minimum Gasteiger partial charge on any atom is -0.309 e.